The molecule has 0 saturated carbocycles. The third-order valence-corrected chi connectivity index (χ3v) is 9.56. The Morgan fingerprint density at radius 2 is 1.02 bits per heavy atom. The van der Waals surface area contributed by atoms with Gasteiger partial charge in [-0.1, -0.05) is 109 Å². The van der Waals surface area contributed by atoms with Crippen molar-refractivity contribution in [2.45, 2.75) is 104 Å². The Bertz CT molecular complexity index is 1380. The summed E-state index contributed by atoms with van der Waals surface area (Å²) in [5, 5.41) is 0. The van der Waals surface area contributed by atoms with Gasteiger partial charge in [-0.05, 0) is 78.4 Å². The maximum absolute atomic E-state index is 5.99. The first-order valence-corrected chi connectivity index (χ1v) is 18.6. The molecule has 3 aromatic rings. The second kappa shape index (κ2) is 22.0. The molecule has 0 amide bonds. The van der Waals surface area contributed by atoms with Gasteiger partial charge in [0.15, 0.2) is 0 Å². The van der Waals surface area contributed by atoms with E-state index in [1.165, 1.54) is 82.7 Å². The summed E-state index contributed by atoms with van der Waals surface area (Å²) in [6.07, 6.45) is 20.2. The summed E-state index contributed by atoms with van der Waals surface area (Å²) < 4.78 is 23.7. The summed E-state index contributed by atoms with van der Waals surface area (Å²) in [7, 11) is 6.81. The monoisotopic (exact) mass is 669 g/mol. The Morgan fingerprint density at radius 1 is 0.592 bits per heavy atom. The minimum atomic E-state index is 0.517. The van der Waals surface area contributed by atoms with E-state index in [1.807, 2.05) is 31.2 Å². The molecule has 0 aliphatic heterocycles. The predicted molar refractivity (Wildman–Crippen MR) is 210 cm³/mol. The van der Waals surface area contributed by atoms with Gasteiger partial charge in [-0.3, -0.25) is 0 Å². The number of rotatable bonds is 24. The van der Waals surface area contributed by atoms with Crippen LogP contribution in [0, 0.1) is 0 Å². The molecule has 0 fully saturated rings. The molecule has 5 heteroatoms. The summed E-state index contributed by atoms with van der Waals surface area (Å²) in [6.45, 7) is 12.8. The summed E-state index contributed by atoms with van der Waals surface area (Å²) in [5.74, 6) is 3.01. The lowest BCUT2D eigenvalue weighted by molar-refractivity contribution is 0.378. The molecule has 0 aliphatic rings. The van der Waals surface area contributed by atoms with Crippen LogP contribution in [0.15, 0.2) is 67.3 Å². The van der Waals surface area contributed by atoms with E-state index in [2.05, 4.69) is 61.7 Å². The largest absolute Gasteiger partial charge is 0.496 e. The molecule has 0 saturated heterocycles. The van der Waals surface area contributed by atoms with Gasteiger partial charge in [-0.15, -0.1) is 0 Å². The fourth-order valence-electron chi connectivity index (χ4n) is 6.63. The van der Waals surface area contributed by atoms with Gasteiger partial charge in [-0.2, -0.15) is 0 Å². The summed E-state index contributed by atoms with van der Waals surface area (Å²) in [6, 6.07) is 17.3. The van der Waals surface area contributed by atoms with E-state index >= 15 is 0 Å². The molecule has 0 atom stereocenters. The molecule has 0 aliphatic carbocycles. The standard InChI is InChI=1S/C44H63NO4/c1-9-13-15-17-19-21-27-45(28-22-20-18-16-14-10-2)38-25-23-35(24-26-38)37-31-43(48-7)40(44(32-37)49-8)33-39-41(46-5)29-36(30-42(39)47-6)34(11-3)12-4/h11-12,23-26,29-32H,3,9-10,13-22,27-28,33H2,1-2,4-8H3/b34-12+. The average Bonchev–Trinajstić information content (AvgIpc) is 3.14. The van der Waals surface area contributed by atoms with Crippen LogP contribution < -0.4 is 23.8 Å². The number of anilines is 1. The summed E-state index contributed by atoms with van der Waals surface area (Å²) in [4.78, 5) is 2.61. The zero-order chi connectivity index (χ0) is 35.4. The van der Waals surface area contributed by atoms with E-state index in [0.29, 0.717) is 6.42 Å². The molecular weight excluding hydrogens is 606 g/mol. The van der Waals surface area contributed by atoms with Crippen molar-refractivity contribution >= 4 is 11.3 Å². The number of unbranched alkanes of at least 4 members (excludes halogenated alkanes) is 10. The highest BCUT2D eigenvalue weighted by Crippen LogP contribution is 2.41. The van der Waals surface area contributed by atoms with Gasteiger partial charge in [0.1, 0.15) is 23.0 Å². The number of methoxy groups -OCH3 is 4. The van der Waals surface area contributed by atoms with Gasteiger partial charge >= 0.3 is 0 Å². The smallest absolute Gasteiger partial charge is 0.126 e. The van der Waals surface area contributed by atoms with Crippen molar-refractivity contribution in [2.75, 3.05) is 46.4 Å². The van der Waals surface area contributed by atoms with Crippen LogP contribution in [-0.2, 0) is 6.42 Å². The highest BCUT2D eigenvalue weighted by molar-refractivity contribution is 5.76. The maximum atomic E-state index is 5.99. The number of hydrogen-bond donors (Lipinski definition) is 0. The van der Waals surface area contributed by atoms with E-state index < -0.39 is 0 Å². The quantitative estimate of drug-likeness (QED) is 0.0701. The van der Waals surface area contributed by atoms with E-state index in [-0.39, 0.29) is 0 Å². The Morgan fingerprint density at radius 3 is 1.43 bits per heavy atom. The molecule has 268 valence electrons. The van der Waals surface area contributed by atoms with Crippen LogP contribution in [0.3, 0.4) is 0 Å². The van der Waals surface area contributed by atoms with Crippen molar-refractivity contribution < 1.29 is 18.9 Å². The molecule has 0 aromatic heterocycles. The van der Waals surface area contributed by atoms with Gasteiger partial charge in [-0.25, -0.2) is 0 Å². The van der Waals surface area contributed by atoms with E-state index in [4.69, 9.17) is 18.9 Å². The molecule has 49 heavy (non-hydrogen) atoms. The molecule has 0 unspecified atom stereocenters. The van der Waals surface area contributed by atoms with Crippen LogP contribution in [0.25, 0.3) is 16.7 Å². The predicted octanol–water partition coefficient (Wildman–Crippen LogP) is 12.1. The third kappa shape index (κ3) is 11.6. The number of hydrogen-bond acceptors (Lipinski definition) is 5. The summed E-state index contributed by atoms with van der Waals surface area (Å²) in [5.41, 5.74) is 7.37. The van der Waals surface area contributed by atoms with E-state index in [1.54, 1.807) is 28.4 Å². The molecule has 5 nitrogen and oxygen atoms in total. The van der Waals surface area contributed by atoms with Crippen molar-refractivity contribution in [3.63, 3.8) is 0 Å². The van der Waals surface area contributed by atoms with Crippen LogP contribution in [0.5, 0.6) is 23.0 Å². The first-order chi connectivity index (χ1) is 24.0. The zero-order valence-electron chi connectivity index (χ0n) is 31.7. The van der Waals surface area contributed by atoms with E-state index in [0.717, 1.165) is 69.5 Å². The average molecular weight is 670 g/mol. The van der Waals surface area contributed by atoms with Gasteiger partial charge in [0, 0.05) is 36.3 Å². The lowest BCUT2D eigenvalue weighted by atomic mass is 9.95. The highest BCUT2D eigenvalue weighted by atomic mass is 16.5. The first kappa shape index (κ1) is 39.6. The number of benzene rings is 3. The molecule has 0 radical (unpaired) electrons. The minimum absolute atomic E-state index is 0.517. The molecule has 0 heterocycles. The molecule has 0 N–H and O–H groups in total. The molecule has 0 bridgehead atoms. The number of nitrogens with zero attached hydrogens (tertiary/aromatic N) is 1. The Hall–Kier alpha value is -3.86. The van der Waals surface area contributed by atoms with Crippen LogP contribution >= 0.6 is 0 Å². The summed E-state index contributed by atoms with van der Waals surface area (Å²) >= 11 is 0. The normalized spacial score (nSPS) is 11.4. The van der Waals surface area contributed by atoms with Crippen molar-refractivity contribution in [1.82, 2.24) is 0 Å². The van der Waals surface area contributed by atoms with Gasteiger partial charge in [0.25, 0.3) is 0 Å². The molecule has 3 aromatic carbocycles. The van der Waals surface area contributed by atoms with Crippen LogP contribution in [0.4, 0.5) is 5.69 Å². The van der Waals surface area contributed by atoms with Crippen molar-refractivity contribution in [1.29, 1.82) is 0 Å². The van der Waals surface area contributed by atoms with Crippen molar-refractivity contribution in [3.8, 4) is 34.1 Å². The fourth-order valence-corrected chi connectivity index (χ4v) is 6.63. The molecular formula is C44H63NO4. The molecule has 3 rings (SSSR count). The number of ether oxygens (including phenoxy) is 4. The maximum Gasteiger partial charge on any atom is 0.126 e. The SMILES string of the molecule is C=C/C(=C\C)c1cc(OC)c(Cc2c(OC)cc(-c3ccc(N(CCCCCCCC)CCCCCCCC)cc3)cc2OC)c(OC)c1. The fraction of sp³-hybridized carbons (Fsp3) is 0.500. The Labute approximate surface area is 298 Å². The topological polar surface area (TPSA) is 40.2 Å². The lowest BCUT2D eigenvalue weighted by Crippen LogP contribution is -2.25. The lowest BCUT2D eigenvalue weighted by Gasteiger charge is -2.25. The third-order valence-electron chi connectivity index (χ3n) is 9.56. The van der Waals surface area contributed by atoms with Crippen molar-refractivity contribution in [2.24, 2.45) is 0 Å². The second-order valence-corrected chi connectivity index (χ2v) is 12.9. The van der Waals surface area contributed by atoms with Crippen molar-refractivity contribution in [3.05, 3.63) is 84.0 Å². The Balaban J connectivity index is 1.87. The van der Waals surface area contributed by atoms with Gasteiger partial charge < -0.3 is 23.8 Å². The van der Waals surface area contributed by atoms with Gasteiger partial charge in [0.2, 0.25) is 0 Å². The van der Waals surface area contributed by atoms with E-state index in [9.17, 15) is 0 Å². The Kier molecular flexibility index (Phi) is 17.7. The van der Waals surface area contributed by atoms with Crippen LogP contribution in [0.2, 0.25) is 0 Å². The number of allylic oxidation sites excluding steroid dienone is 3. The second-order valence-electron chi connectivity index (χ2n) is 12.9. The molecule has 0 spiro atoms. The minimum Gasteiger partial charge on any atom is -0.496 e. The first-order valence-electron chi connectivity index (χ1n) is 18.6. The van der Waals surface area contributed by atoms with Crippen LogP contribution in [0.1, 0.15) is 115 Å². The van der Waals surface area contributed by atoms with Crippen LogP contribution in [-0.4, -0.2) is 41.5 Å². The highest BCUT2D eigenvalue weighted by Gasteiger charge is 2.21. The zero-order valence-corrected chi connectivity index (χ0v) is 31.7. The van der Waals surface area contributed by atoms with Gasteiger partial charge in [0.05, 0.1) is 28.4 Å².